The predicted molar refractivity (Wildman–Crippen MR) is 183 cm³/mol. The van der Waals surface area contributed by atoms with Gasteiger partial charge in [-0.1, -0.05) is 82.3 Å². The largest absolute Gasteiger partial charge is 0.489 e. The lowest BCUT2D eigenvalue weighted by molar-refractivity contribution is -0.104. The van der Waals surface area contributed by atoms with Gasteiger partial charge in [-0.25, -0.2) is 0 Å². The molecule has 2 N–H and O–H groups in total. The Kier molecular flexibility index (Phi) is 16.5. The highest BCUT2D eigenvalue weighted by atomic mass is 35.5. The van der Waals surface area contributed by atoms with E-state index in [1.165, 1.54) is 11.6 Å². The number of aryl methyl sites for hydroxylation is 1. The van der Waals surface area contributed by atoms with E-state index in [1.54, 1.807) is 0 Å². The second-order valence-corrected chi connectivity index (χ2v) is 9.94. The minimum atomic E-state index is -0.000381. The fourth-order valence-electron chi connectivity index (χ4n) is 3.86. The number of ether oxygens (including phenoxy) is 1. The van der Waals surface area contributed by atoms with Gasteiger partial charge in [0.1, 0.15) is 12.0 Å². The second-order valence-electron chi connectivity index (χ2n) is 9.53. The number of rotatable bonds is 12. The third-order valence-electron chi connectivity index (χ3n) is 5.68. The van der Waals surface area contributed by atoms with Crippen LogP contribution in [0.4, 0.5) is 17.1 Å². The van der Waals surface area contributed by atoms with E-state index in [0.717, 1.165) is 46.6 Å². The van der Waals surface area contributed by atoms with Gasteiger partial charge >= 0.3 is 0 Å². The number of halogens is 1. The van der Waals surface area contributed by atoms with Crippen LogP contribution in [0.3, 0.4) is 0 Å². The number of anilines is 3. The number of carbonyl (C=O) groups is 1. The summed E-state index contributed by atoms with van der Waals surface area (Å²) in [4.78, 5) is 13.7. The monoisotopic (exact) mass is 589 g/mol. The highest BCUT2D eigenvalue weighted by Crippen LogP contribution is 2.34. The van der Waals surface area contributed by atoms with E-state index < -0.39 is 0 Å². The minimum Gasteiger partial charge on any atom is -0.489 e. The molecule has 0 fully saturated rings. The third kappa shape index (κ3) is 11.9. The number of nitrogens with zero attached hydrogens (tertiary/aromatic N) is 1. The quantitative estimate of drug-likeness (QED) is 0.125. The Morgan fingerprint density at radius 1 is 1.00 bits per heavy atom. The lowest BCUT2D eigenvalue weighted by Gasteiger charge is -2.21. The number of nitrogens with one attached hydrogen (secondary N) is 2. The average Bonchev–Trinajstić information content (AvgIpc) is 2.97. The molecule has 6 heteroatoms. The normalized spacial score (nSPS) is 10.9. The average molecular weight is 590 g/mol. The molecule has 0 spiro atoms. The van der Waals surface area contributed by atoms with E-state index in [4.69, 9.17) is 16.3 Å². The molecule has 0 aliphatic carbocycles. The molecular formula is C36H48ClN3O2. The van der Waals surface area contributed by atoms with Gasteiger partial charge in [0, 0.05) is 47.8 Å². The summed E-state index contributed by atoms with van der Waals surface area (Å²) >= 11 is 6.35. The summed E-state index contributed by atoms with van der Waals surface area (Å²) in [5.74, 6) is 0.710. The molecule has 0 radical (unpaired) electrons. The first-order valence-electron chi connectivity index (χ1n) is 14.5. The molecular weight excluding hydrogens is 542 g/mol. The molecule has 0 aliphatic heterocycles. The number of allylic oxidation sites excluding steroid dienone is 2. The van der Waals surface area contributed by atoms with E-state index in [1.807, 2.05) is 123 Å². The molecule has 0 atom stereocenters. The summed E-state index contributed by atoms with van der Waals surface area (Å²) in [6.07, 6.45) is 4.29. The molecule has 5 nitrogen and oxygen atoms in total. The Balaban J connectivity index is 0.00000211. The Hall–Kier alpha value is -3.96. The summed E-state index contributed by atoms with van der Waals surface area (Å²) in [6.45, 7) is 20.7. The molecule has 0 saturated carbocycles. The van der Waals surface area contributed by atoms with Crippen molar-refractivity contribution in [2.45, 2.75) is 68.0 Å². The van der Waals surface area contributed by atoms with Crippen LogP contribution in [0.15, 0.2) is 102 Å². The highest BCUT2D eigenvalue weighted by Gasteiger charge is 2.13. The maximum absolute atomic E-state index is 11.6. The molecule has 0 saturated heterocycles. The number of hydrogen-bond acceptors (Lipinski definition) is 5. The van der Waals surface area contributed by atoms with Crippen molar-refractivity contribution in [2.75, 3.05) is 17.7 Å². The molecule has 0 heterocycles. The molecule has 3 rings (SSSR count). The first-order valence-corrected chi connectivity index (χ1v) is 14.9. The van der Waals surface area contributed by atoms with Gasteiger partial charge < -0.3 is 20.3 Å². The molecule has 0 bridgehead atoms. The summed E-state index contributed by atoms with van der Waals surface area (Å²) < 4.78 is 6.05. The van der Waals surface area contributed by atoms with Crippen molar-refractivity contribution in [3.05, 3.63) is 119 Å². The van der Waals surface area contributed by atoms with Crippen molar-refractivity contribution in [1.29, 1.82) is 0 Å². The molecule has 0 aliphatic rings. The molecule has 0 unspecified atom stereocenters. The molecule has 0 amide bonds. The predicted octanol–water partition coefficient (Wildman–Crippen LogP) is 10.3. The van der Waals surface area contributed by atoms with Crippen LogP contribution in [-0.2, 0) is 11.3 Å². The Morgan fingerprint density at radius 2 is 1.64 bits per heavy atom. The lowest BCUT2D eigenvalue weighted by atomic mass is 10.1. The van der Waals surface area contributed by atoms with Crippen LogP contribution in [-0.4, -0.2) is 24.3 Å². The Labute approximate surface area is 258 Å². The molecule has 0 aromatic heterocycles. The van der Waals surface area contributed by atoms with Crippen molar-refractivity contribution in [3.8, 4) is 5.75 Å². The first-order chi connectivity index (χ1) is 20.2. The van der Waals surface area contributed by atoms with Gasteiger partial charge in [0.05, 0.1) is 17.5 Å². The van der Waals surface area contributed by atoms with Gasteiger partial charge in [-0.05, 0) is 74.7 Å². The SMILES string of the molecule is C=C(C)C(=C/N(C)Cc1ccccc1)/C(=C\C=O)Nc1ccc(OC(C)C)c(Nc2ccc(C)c(Cl)c2)c1.CC.CC. The van der Waals surface area contributed by atoms with Crippen LogP contribution >= 0.6 is 11.6 Å². The number of aldehydes is 1. The van der Waals surface area contributed by atoms with Gasteiger partial charge in [0.2, 0.25) is 0 Å². The first kappa shape index (κ1) is 36.1. The van der Waals surface area contributed by atoms with Gasteiger partial charge in [0.25, 0.3) is 0 Å². The molecule has 3 aromatic rings. The van der Waals surface area contributed by atoms with E-state index in [0.29, 0.717) is 16.5 Å². The molecule has 42 heavy (non-hydrogen) atoms. The van der Waals surface area contributed by atoms with Crippen LogP contribution in [0.1, 0.15) is 59.6 Å². The standard InChI is InChI=1S/C32H36ClN3O2.2C2H6/c1-22(2)28(21-36(6)20-25-10-8-7-9-11-25)30(16-17-37)34-27-14-15-32(38-23(3)4)31(19-27)35-26-13-12-24(5)29(33)18-26;2*1-2/h7-19,21,23,34-35H,1,20H2,2-6H3;2*1-2H3/b28-21-,30-16+;;. The fraction of sp³-hybridized carbons (Fsp3) is 0.306. The van der Waals surface area contributed by atoms with E-state index in [-0.39, 0.29) is 6.10 Å². The van der Waals surface area contributed by atoms with E-state index >= 15 is 0 Å². The maximum atomic E-state index is 11.6. The van der Waals surface area contributed by atoms with Crippen molar-refractivity contribution in [2.24, 2.45) is 0 Å². The third-order valence-corrected chi connectivity index (χ3v) is 6.09. The maximum Gasteiger partial charge on any atom is 0.144 e. The fourth-order valence-corrected chi connectivity index (χ4v) is 4.04. The lowest BCUT2D eigenvalue weighted by Crippen LogP contribution is -2.14. The Bertz CT molecular complexity index is 1330. The van der Waals surface area contributed by atoms with Gasteiger partial charge in [-0.3, -0.25) is 4.79 Å². The number of hydrogen-bond donors (Lipinski definition) is 2. The summed E-state index contributed by atoms with van der Waals surface area (Å²) in [7, 11) is 2.00. The Morgan fingerprint density at radius 3 is 2.21 bits per heavy atom. The zero-order chi connectivity index (χ0) is 31.7. The van der Waals surface area contributed by atoms with Crippen LogP contribution in [0, 0.1) is 6.92 Å². The van der Waals surface area contributed by atoms with Crippen molar-refractivity contribution in [3.63, 3.8) is 0 Å². The molecule has 226 valence electrons. The molecule has 3 aromatic carbocycles. The zero-order valence-electron chi connectivity index (χ0n) is 26.7. The summed E-state index contributed by atoms with van der Waals surface area (Å²) in [5, 5.41) is 7.52. The number of carbonyl (C=O) groups excluding carboxylic acids is 1. The minimum absolute atomic E-state index is 0.000381. The second kappa shape index (κ2) is 19.2. The summed E-state index contributed by atoms with van der Waals surface area (Å²) in [6, 6.07) is 21.8. The highest BCUT2D eigenvalue weighted by molar-refractivity contribution is 6.31. The topological polar surface area (TPSA) is 53.6 Å². The van der Waals surface area contributed by atoms with Gasteiger partial charge in [-0.15, -0.1) is 0 Å². The van der Waals surface area contributed by atoms with Crippen LogP contribution in [0.2, 0.25) is 5.02 Å². The van der Waals surface area contributed by atoms with E-state index in [9.17, 15) is 4.79 Å². The van der Waals surface area contributed by atoms with E-state index in [2.05, 4.69) is 34.2 Å². The van der Waals surface area contributed by atoms with Crippen molar-refractivity contribution in [1.82, 2.24) is 4.90 Å². The van der Waals surface area contributed by atoms with Gasteiger partial charge in [0.15, 0.2) is 0 Å². The van der Waals surface area contributed by atoms with Crippen molar-refractivity contribution >= 4 is 34.9 Å². The van der Waals surface area contributed by atoms with Crippen LogP contribution in [0.5, 0.6) is 5.75 Å². The smallest absolute Gasteiger partial charge is 0.144 e. The van der Waals surface area contributed by atoms with Crippen molar-refractivity contribution < 1.29 is 9.53 Å². The zero-order valence-corrected chi connectivity index (χ0v) is 27.5. The van der Waals surface area contributed by atoms with Crippen LogP contribution < -0.4 is 15.4 Å². The van der Waals surface area contributed by atoms with Gasteiger partial charge in [-0.2, -0.15) is 0 Å². The number of benzene rings is 3. The summed E-state index contributed by atoms with van der Waals surface area (Å²) in [5.41, 5.74) is 6.91. The van der Waals surface area contributed by atoms with Crippen LogP contribution in [0.25, 0.3) is 0 Å².